The minimum atomic E-state index is -0.305. The highest BCUT2D eigenvalue weighted by Gasteiger charge is 2.16. The number of thioether (sulfide) groups is 1. The number of hydrogen-bond donors (Lipinski definition) is 1. The molecule has 5 aromatic rings. The van der Waals surface area contributed by atoms with Crippen LogP contribution in [0, 0.1) is 0 Å². The van der Waals surface area contributed by atoms with Crippen LogP contribution < -0.4 is 10.9 Å². The summed E-state index contributed by atoms with van der Waals surface area (Å²) in [7, 11) is 0. The largest absolute Gasteiger partial charge is 0.348 e. The van der Waals surface area contributed by atoms with E-state index in [1.807, 2.05) is 66.7 Å². The smallest absolute Gasteiger partial charge is 0.262 e. The van der Waals surface area contributed by atoms with Crippen LogP contribution in [0.3, 0.4) is 0 Å². The Morgan fingerprint density at radius 3 is 2.28 bits per heavy atom. The lowest BCUT2D eigenvalue weighted by Crippen LogP contribution is -2.25. The molecule has 4 aromatic carbocycles. The number of aromatic nitrogens is 2. The molecule has 39 heavy (non-hydrogen) atoms. The highest BCUT2D eigenvalue weighted by atomic mass is 35.5. The molecule has 0 saturated heterocycles. The molecule has 1 heterocycles. The summed E-state index contributed by atoms with van der Waals surface area (Å²) >= 11 is 7.41. The molecule has 0 aliphatic carbocycles. The van der Waals surface area contributed by atoms with Gasteiger partial charge in [-0.05, 0) is 35.4 Å². The molecule has 0 bridgehead atoms. The zero-order valence-electron chi connectivity index (χ0n) is 20.8. The summed E-state index contributed by atoms with van der Waals surface area (Å²) < 4.78 is 1.58. The number of amides is 1. The predicted molar refractivity (Wildman–Crippen MR) is 156 cm³/mol. The average Bonchev–Trinajstić information content (AvgIpc) is 2.97. The number of nitrogens with one attached hydrogen (secondary N) is 1. The molecule has 8 heteroatoms. The van der Waals surface area contributed by atoms with Gasteiger partial charge in [-0.2, -0.15) is 0 Å². The van der Waals surface area contributed by atoms with Crippen molar-refractivity contribution in [2.24, 2.45) is 0 Å². The molecule has 1 N–H and O–H groups in total. The summed E-state index contributed by atoms with van der Waals surface area (Å²) in [4.78, 5) is 44.1. The number of fused-ring (bicyclic) bond motifs is 1. The Morgan fingerprint density at radius 2 is 1.54 bits per heavy atom. The second-order valence-electron chi connectivity index (χ2n) is 8.86. The maximum atomic E-state index is 13.6. The minimum absolute atomic E-state index is 0.0612. The number of hydrogen-bond acceptors (Lipinski definition) is 5. The van der Waals surface area contributed by atoms with E-state index in [9.17, 15) is 14.4 Å². The summed E-state index contributed by atoms with van der Waals surface area (Å²) in [6.07, 6.45) is 0. The van der Waals surface area contributed by atoms with Crippen LogP contribution in [0.4, 0.5) is 0 Å². The van der Waals surface area contributed by atoms with Crippen molar-refractivity contribution in [3.63, 3.8) is 0 Å². The predicted octanol–water partition coefficient (Wildman–Crippen LogP) is 6.00. The molecule has 1 amide bonds. The van der Waals surface area contributed by atoms with Crippen LogP contribution >= 0.6 is 23.4 Å². The molecule has 0 saturated carbocycles. The van der Waals surface area contributed by atoms with Gasteiger partial charge in [0.2, 0.25) is 0 Å². The van der Waals surface area contributed by atoms with Crippen molar-refractivity contribution in [1.29, 1.82) is 0 Å². The average molecular weight is 554 g/mol. The summed E-state index contributed by atoms with van der Waals surface area (Å²) in [6.45, 7) is 0.579. The molecule has 0 unspecified atom stereocenters. The molecule has 194 valence electrons. The number of nitrogens with zero attached hydrogens (tertiary/aromatic N) is 2. The van der Waals surface area contributed by atoms with Crippen LogP contribution in [-0.4, -0.2) is 27.0 Å². The Kier molecular flexibility index (Phi) is 8.20. The second-order valence-corrected chi connectivity index (χ2v) is 10.2. The first-order valence-electron chi connectivity index (χ1n) is 12.3. The van der Waals surface area contributed by atoms with Crippen LogP contribution in [-0.2, 0) is 13.1 Å². The van der Waals surface area contributed by atoms with Gasteiger partial charge in [0.25, 0.3) is 11.5 Å². The van der Waals surface area contributed by atoms with Crippen LogP contribution in [0.25, 0.3) is 10.9 Å². The van der Waals surface area contributed by atoms with E-state index >= 15 is 0 Å². The minimum Gasteiger partial charge on any atom is -0.348 e. The second kappa shape index (κ2) is 12.1. The van der Waals surface area contributed by atoms with Crippen LogP contribution in [0.5, 0.6) is 0 Å². The van der Waals surface area contributed by atoms with Crippen LogP contribution in [0.2, 0.25) is 5.02 Å². The van der Waals surface area contributed by atoms with Gasteiger partial charge in [0.1, 0.15) is 0 Å². The van der Waals surface area contributed by atoms with E-state index in [0.717, 1.165) is 11.1 Å². The fourth-order valence-corrected chi connectivity index (χ4v) is 5.21. The SMILES string of the molecule is O=C(CSc1nc2cc(C(=O)NCc3ccccc3Cl)ccc2c(=O)n1Cc1ccccc1)c1ccccc1. The van der Waals surface area contributed by atoms with E-state index < -0.39 is 0 Å². The molecule has 0 atom stereocenters. The van der Waals surface area contributed by atoms with Crippen molar-refractivity contribution >= 4 is 46.0 Å². The van der Waals surface area contributed by atoms with Gasteiger partial charge < -0.3 is 5.32 Å². The number of carbonyl (C=O) groups excluding carboxylic acids is 2. The van der Waals surface area contributed by atoms with Gasteiger partial charge in [0.05, 0.1) is 23.2 Å². The molecular formula is C31H24ClN3O3S. The van der Waals surface area contributed by atoms with Crippen molar-refractivity contribution in [3.8, 4) is 0 Å². The van der Waals surface area contributed by atoms with Gasteiger partial charge >= 0.3 is 0 Å². The Bertz CT molecular complexity index is 1710. The summed E-state index contributed by atoms with van der Waals surface area (Å²) in [6, 6.07) is 30.8. The molecule has 0 aliphatic heterocycles. The van der Waals surface area contributed by atoms with Gasteiger partial charge in [0, 0.05) is 22.7 Å². The molecule has 5 rings (SSSR count). The van der Waals surface area contributed by atoms with Gasteiger partial charge in [-0.25, -0.2) is 4.98 Å². The van der Waals surface area contributed by atoms with E-state index in [0.29, 0.717) is 38.8 Å². The van der Waals surface area contributed by atoms with Gasteiger partial charge in [0.15, 0.2) is 10.9 Å². The van der Waals surface area contributed by atoms with E-state index in [1.165, 1.54) is 11.8 Å². The quantitative estimate of drug-likeness (QED) is 0.137. The number of Topliss-reactive ketones (excluding diaryl/α,β-unsaturated/α-hetero) is 1. The zero-order valence-corrected chi connectivity index (χ0v) is 22.4. The lowest BCUT2D eigenvalue weighted by Gasteiger charge is -2.14. The Morgan fingerprint density at radius 1 is 0.846 bits per heavy atom. The normalized spacial score (nSPS) is 10.9. The maximum absolute atomic E-state index is 13.6. The fraction of sp³-hybridized carbons (Fsp3) is 0.0968. The number of rotatable bonds is 9. The monoisotopic (exact) mass is 553 g/mol. The highest BCUT2D eigenvalue weighted by Crippen LogP contribution is 2.22. The molecule has 0 fully saturated rings. The number of ketones is 1. The van der Waals surface area contributed by atoms with Gasteiger partial charge in [-0.1, -0.05) is 102 Å². The number of halogens is 1. The third-order valence-electron chi connectivity index (χ3n) is 6.19. The van der Waals surface area contributed by atoms with Crippen molar-refractivity contribution in [3.05, 3.63) is 141 Å². The number of carbonyl (C=O) groups is 2. The summed E-state index contributed by atoms with van der Waals surface area (Å²) in [5.41, 5.74) is 2.87. The first-order valence-corrected chi connectivity index (χ1v) is 13.7. The van der Waals surface area contributed by atoms with E-state index in [1.54, 1.807) is 41.0 Å². The molecular weight excluding hydrogens is 530 g/mol. The van der Waals surface area contributed by atoms with Crippen molar-refractivity contribution in [1.82, 2.24) is 14.9 Å². The zero-order chi connectivity index (χ0) is 27.2. The fourth-order valence-electron chi connectivity index (χ4n) is 4.11. The topological polar surface area (TPSA) is 81.1 Å². The van der Waals surface area contributed by atoms with E-state index in [2.05, 4.69) is 5.32 Å². The summed E-state index contributed by atoms with van der Waals surface area (Å²) in [5, 5.41) is 4.25. The maximum Gasteiger partial charge on any atom is 0.262 e. The molecule has 1 aromatic heterocycles. The third-order valence-corrected chi connectivity index (χ3v) is 7.54. The van der Waals surface area contributed by atoms with Crippen molar-refractivity contribution < 1.29 is 9.59 Å². The molecule has 6 nitrogen and oxygen atoms in total. The van der Waals surface area contributed by atoms with Crippen LogP contribution in [0.1, 0.15) is 31.8 Å². The standard InChI is InChI=1S/C31H24ClN3O3S/c32-26-14-8-7-13-24(26)18-33-29(37)23-15-16-25-27(17-23)34-31(39-20-28(36)22-11-5-2-6-12-22)35(30(25)38)19-21-9-3-1-4-10-21/h1-17H,18-20H2,(H,33,37). The first-order chi connectivity index (χ1) is 19.0. The Balaban J connectivity index is 1.46. The third kappa shape index (κ3) is 6.28. The molecule has 0 spiro atoms. The van der Waals surface area contributed by atoms with E-state index in [4.69, 9.17) is 16.6 Å². The van der Waals surface area contributed by atoms with Crippen molar-refractivity contribution in [2.45, 2.75) is 18.2 Å². The van der Waals surface area contributed by atoms with Gasteiger partial charge in [-0.3, -0.25) is 19.0 Å². The van der Waals surface area contributed by atoms with Crippen molar-refractivity contribution in [2.75, 3.05) is 5.75 Å². The lowest BCUT2D eigenvalue weighted by atomic mass is 10.1. The van der Waals surface area contributed by atoms with Gasteiger partial charge in [-0.15, -0.1) is 0 Å². The van der Waals surface area contributed by atoms with E-state index in [-0.39, 0.29) is 29.5 Å². The lowest BCUT2D eigenvalue weighted by molar-refractivity contribution is 0.0950. The highest BCUT2D eigenvalue weighted by molar-refractivity contribution is 7.99. The van der Waals surface area contributed by atoms with Crippen LogP contribution in [0.15, 0.2) is 113 Å². The summed E-state index contributed by atoms with van der Waals surface area (Å²) in [5.74, 6) is -0.246. The molecule has 0 radical (unpaired) electrons. The Hall–Kier alpha value is -4.20. The first kappa shape index (κ1) is 26.4. The Labute approximate surface area is 234 Å². The number of benzene rings is 4. The molecule has 0 aliphatic rings.